The number of hydrogen-bond donors (Lipinski definition) is 0. The topological polar surface area (TPSA) is 15.7 Å². The molecule has 3 nitrogen and oxygen atoms in total. The van der Waals surface area contributed by atoms with E-state index in [-0.39, 0.29) is 0 Å². The van der Waals surface area contributed by atoms with Crippen molar-refractivity contribution in [3.63, 3.8) is 0 Å². The first-order chi connectivity index (χ1) is 33.3. The Hall–Kier alpha value is -8.44. The van der Waals surface area contributed by atoms with Crippen LogP contribution in [0.15, 0.2) is 243 Å². The molecule has 2 heterocycles. The van der Waals surface area contributed by atoms with Gasteiger partial charge in [0, 0.05) is 60.1 Å². The van der Waals surface area contributed by atoms with Crippen molar-refractivity contribution in [1.29, 1.82) is 0 Å². The zero-order chi connectivity index (χ0) is 44.1. The molecule has 4 heteroatoms. The van der Waals surface area contributed by atoms with E-state index in [1.165, 1.54) is 64.0 Å². The number of nitrogens with zero attached hydrogens (tertiary/aromatic N) is 2. The average molecular weight is 873 g/mol. The predicted octanol–water partition coefficient (Wildman–Crippen LogP) is 17.8. The van der Waals surface area contributed by atoms with E-state index in [4.69, 9.17) is 4.74 Å². The number of para-hydroxylation sites is 5. The van der Waals surface area contributed by atoms with Crippen LogP contribution in [0.25, 0.3) is 52.8 Å². The quantitative estimate of drug-likeness (QED) is 0.166. The SMILES string of the molecule is c1ccc(N(c2ccccc2)c2cc3c(sc4c(N(c5ccccc5)c5ccc6c(c5)C5(c7ccccc7Oc7ccccc75)c5ccccc5-6)cc5ccccc5c43)c3ccccc23)cc1. The normalized spacial score (nSPS) is 13.0. The maximum atomic E-state index is 6.72. The molecule has 0 fully saturated rings. The van der Waals surface area contributed by atoms with Gasteiger partial charge in [-0.3, -0.25) is 0 Å². The predicted molar refractivity (Wildman–Crippen MR) is 281 cm³/mol. The number of benzene rings is 11. The highest BCUT2D eigenvalue weighted by molar-refractivity contribution is 7.27. The minimum Gasteiger partial charge on any atom is -0.457 e. The van der Waals surface area contributed by atoms with E-state index in [0.29, 0.717) is 0 Å². The van der Waals surface area contributed by atoms with Gasteiger partial charge < -0.3 is 14.5 Å². The van der Waals surface area contributed by atoms with Crippen LogP contribution >= 0.6 is 11.3 Å². The third kappa shape index (κ3) is 5.51. The van der Waals surface area contributed by atoms with Crippen molar-refractivity contribution in [2.24, 2.45) is 0 Å². The van der Waals surface area contributed by atoms with Crippen molar-refractivity contribution in [2.75, 3.05) is 9.80 Å². The summed E-state index contributed by atoms with van der Waals surface area (Å²) in [6.45, 7) is 0. The summed E-state index contributed by atoms with van der Waals surface area (Å²) in [7, 11) is 0. The number of hydrogen-bond acceptors (Lipinski definition) is 4. The molecule has 11 aromatic carbocycles. The highest BCUT2D eigenvalue weighted by atomic mass is 32.1. The van der Waals surface area contributed by atoms with Gasteiger partial charge >= 0.3 is 0 Å². The summed E-state index contributed by atoms with van der Waals surface area (Å²) < 4.78 is 9.24. The summed E-state index contributed by atoms with van der Waals surface area (Å²) >= 11 is 1.90. The average Bonchev–Trinajstić information content (AvgIpc) is 3.92. The second-order valence-electron chi connectivity index (χ2n) is 17.5. The monoisotopic (exact) mass is 872 g/mol. The summed E-state index contributed by atoms with van der Waals surface area (Å²) in [6, 6.07) is 88.6. The summed E-state index contributed by atoms with van der Waals surface area (Å²) in [4.78, 5) is 4.92. The van der Waals surface area contributed by atoms with Crippen LogP contribution < -0.4 is 14.5 Å². The number of fused-ring (bicyclic) bond motifs is 16. The molecule has 1 aromatic heterocycles. The van der Waals surface area contributed by atoms with Gasteiger partial charge in [-0.25, -0.2) is 0 Å². The largest absolute Gasteiger partial charge is 0.457 e. The smallest absolute Gasteiger partial charge is 0.132 e. The van der Waals surface area contributed by atoms with E-state index in [1.54, 1.807) is 0 Å². The Balaban J connectivity index is 1.07. The van der Waals surface area contributed by atoms with Crippen molar-refractivity contribution >= 4 is 87.2 Å². The Kier molecular flexibility index (Phi) is 8.37. The number of thiophene rings is 1. The molecular weight excluding hydrogens is 833 g/mol. The van der Waals surface area contributed by atoms with Gasteiger partial charge in [0.15, 0.2) is 0 Å². The van der Waals surface area contributed by atoms with Crippen LogP contribution in [0.1, 0.15) is 22.3 Å². The fourth-order valence-corrected chi connectivity index (χ4v) is 12.7. The molecule has 1 aliphatic carbocycles. The molecule has 0 N–H and O–H groups in total. The van der Waals surface area contributed by atoms with Crippen LogP contribution in [0.2, 0.25) is 0 Å². The molecule has 2 aliphatic rings. The summed E-state index contributed by atoms with van der Waals surface area (Å²) in [6.07, 6.45) is 0. The maximum Gasteiger partial charge on any atom is 0.132 e. The highest BCUT2D eigenvalue weighted by Crippen LogP contribution is 2.63. The van der Waals surface area contributed by atoms with Gasteiger partial charge in [-0.05, 0) is 106 Å². The molecular formula is C63H40N2OS. The molecule has 0 radical (unpaired) electrons. The third-order valence-electron chi connectivity index (χ3n) is 14.0. The van der Waals surface area contributed by atoms with Crippen molar-refractivity contribution < 1.29 is 4.74 Å². The molecule has 0 saturated carbocycles. The van der Waals surface area contributed by atoms with Crippen molar-refractivity contribution in [3.8, 4) is 22.6 Å². The molecule has 0 saturated heterocycles. The van der Waals surface area contributed by atoms with E-state index in [0.717, 1.165) is 56.8 Å². The molecule has 1 spiro atoms. The van der Waals surface area contributed by atoms with Crippen LogP contribution in [0, 0.1) is 0 Å². The Morgan fingerprint density at radius 3 is 1.49 bits per heavy atom. The lowest BCUT2D eigenvalue weighted by atomic mass is 9.66. The van der Waals surface area contributed by atoms with E-state index in [1.807, 2.05) is 11.3 Å². The molecule has 14 rings (SSSR count). The van der Waals surface area contributed by atoms with Crippen molar-refractivity contribution in [2.45, 2.75) is 5.41 Å². The lowest BCUT2D eigenvalue weighted by Gasteiger charge is -2.39. The molecule has 67 heavy (non-hydrogen) atoms. The summed E-state index contributed by atoms with van der Waals surface area (Å²) in [5, 5.41) is 7.39. The van der Waals surface area contributed by atoms with Crippen molar-refractivity contribution in [1.82, 2.24) is 0 Å². The number of anilines is 6. The standard InChI is InChI=1S/C63H40N2OS/c1-4-21-42(22-5-1)64(43-23-6-2-7-24-43)56-40-51-60-46-27-11-10-20-41(46)38-57(62(60)67-61(51)50-30-13-12-29-49(50)56)65(44-25-8-3-9-26-44)45-36-37-48-47-28-14-15-31-52(47)63(55(48)39-45)53-32-16-18-34-58(53)66-59-35-19-17-33-54(59)63/h1-40H. The lowest BCUT2D eigenvalue weighted by molar-refractivity contribution is 0.436. The second kappa shape index (κ2) is 14.8. The Labute approximate surface area is 392 Å². The zero-order valence-electron chi connectivity index (χ0n) is 36.3. The number of ether oxygens (including phenoxy) is 1. The zero-order valence-corrected chi connectivity index (χ0v) is 37.1. The third-order valence-corrected chi connectivity index (χ3v) is 15.3. The van der Waals surface area contributed by atoms with Crippen LogP contribution in [-0.4, -0.2) is 0 Å². The van der Waals surface area contributed by atoms with Crippen LogP contribution in [-0.2, 0) is 5.41 Å². The summed E-state index contributed by atoms with van der Waals surface area (Å²) in [5.74, 6) is 1.78. The van der Waals surface area contributed by atoms with E-state index in [2.05, 4.69) is 252 Å². The molecule has 1 aliphatic heterocycles. The Morgan fingerprint density at radius 2 is 0.836 bits per heavy atom. The minimum absolute atomic E-state index is 0.593. The number of rotatable bonds is 6. The van der Waals surface area contributed by atoms with Gasteiger partial charge in [-0.2, -0.15) is 0 Å². The van der Waals surface area contributed by atoms with Gasteiger partial charge in [-0.15, -0.1) is 11.3 Å². The van der Waals surface area contributed by atoms with E-state index < -0.39 is 5.41 Å². The fourth-order valence-electron chi connectivity index (χ4n) is 11.3. The first-order valence-electron chi connectivity index (χ1n) is 22.9. The van der Waals surface area contributed by atoms with Gasteiger partial charge in [-0.1, -0.05) is 170 Å². The minimum atomic E-state index is -0.593. The van der Waals surface area contributed by atoms with E-state index >= 15 is 0 Å². The fraction of sp³-hybridized carbons (Fsp3) is 0.0159. The van der Waals surface area contributed by atoms with Gasteiger partial charge in [0.25, 0.3) is 0 Å². The Morgan fingerprint density at radius 1 is 0.328 bits per heavy atom. The summed E-state index contributed by atoms with van der Waals surface area (Å²) in [5.41, 5.74) is 13.5. The van der Waals surface area contributed by atoms with Crippen LogP contribution in [0.4, 0.5) is 34.1 Å². The molecule has 12 aromatic rings. The second-order valence-corrected chi connectivity index (χ2v) is 18.6. The van der Waals surface area contributed by atoms with Gasteiger partial charge in [0.1, 0.15) is 11.5 Å². The molecule has 0 atom stereocenters. The van der Waals surface area contributed by atoms with Gasteiger partial charge in [0.05, 0.1) is 21.5 Å². The maximum absolute atomic E-state index is 6.72. The van der Waals surface area contributed by atoms with Crippen LogP contribution in [0.5, 0.6) is 11.5 Å². The molecule has 0 amide bonds. The molecule has 314 valence electrons. The van der Waals surface area contributed by atoms with E-state index in [9.17, 15) is 0 Å². The molecule has 0 unspecified atom stereocenters. The van der Waals surface area contributed by atoms with Crippen molar-refractivity contribution in [3.05, 3.63) is 265 Å². The molecule has 0 bridgehead atoms. The lowest BCUT2D eigenvalue weighted by Crippen LogP contribution is -2.32. The first-order valence-corrected chi connectivity index (χ1v) is 23.7. The Bertz CT molecular complexity index is 3830. The first kappa shape index (κ1) is 37.9. The van der Waals surface area contributed by atoms with Crippen LogP contribution in [0.3, 0.4) is 0 Å². The van der Waals surface area contributed by atoms with Gasteiger partial charge in [0.2, 0.25) is 0 Å². The highest BCUT2D eigenvalue weighted by Gasteiger charge is 2.51.